The van der Waals surface area contributed by atoms with Gasteiger partial charge in [-0.1, -0.05) is 12.8 Å². The van der Waals surface area contributed by atoms with Crippen molar-refractivity contribution < 1.29 is 14.7 Å². The second-order valence-corrected chi connectivity index (χ2v) is 6.30. The van der Waals surface area contributed by atoms with Gasteiger partial charge < -0.3 is 10.4 Å². The van der Waals surface area contributed by atoms with Crippen molar-refractivity contribution >= 4 is 23.2 Å². The predicted molar refractivity (Wildman–Crippen MR) is 76.6 cm³/mol. The van der Waals surface area contributed by atoms with E-state index in [1.54, 1.807) is 11.3 Å². The summed E-state index contributed by atoms with van der Waals surface area (Å²) in [4.78, 5) is 27.6. The Morgan fingerprint density at radius 1 is 1.40 bits per heavy atom. The quantitative estimate of drug-likeness (QED) is 0.871. The Bertz CT molecular complexity index is 487. The first kappa shape index (κ1) is 15.0. The van der Waals surface area contributed by atoms with Crippen LogP contribution in [0.15, 0.2) is 5.38 Å². The zero-order valence-corrected chi connectivity index (χ0v) is 12.4. The summed E-state index contributed by atoms with van der Waals surface area (Å²) in [6.45, 7) is 2.47. The molecule has 0 saturated heterocycles. The molecule has 0 unspecified atom stereocenters. The standard InChI is InChI=1S/C14H20N2O3S/c1-9-16-10(8-20-9)6-7-15-13(17)11-4-2-3-5-12(11)14(18)19/h8,11-12H,2-7H2,1H3,(H,15,17)(H,18,19)/t11-,12+/m1/s1. The number of carbonyl (C=O) groups is 2. The van der Waals surface area contributed by atoms with Gasteiger partial charge in [0.15, 0.2) is 0 Å². The molecular weight excluding hydrogens is 276 g/mol. The molecule has 2 rings (SSSR count). The number of hydrogen-bond donors (Lipinski definition) is 2. The van der Waals surface area contributed by atoms with E-state index in [1.807, 2.05) is 12.3 Å². The van der Waals surface area contributed by atoms with Gasteiger partial charge in [0.2, 0.25) is 5.91 Å². The Morgan fingerprint density at radius 2 is 2.10 bits per heavy atom. The second kappa shape index (κ2) is 6.83. The Morgan fingerprint density at radius 3 is 2.70 bits per heavy atom. The maximum atomic E-state index is 12.1. The molecule has 1 aromatic heterocycles. The monoisotopic (exact) mass is 296 g/mol. The summed E-state index contributed by atoms with van der Waals surface area (Å²) < 4.78 is 0. The number of thiazole rings is 1. The van der Waals surface area contributed by atoms with Gasteiger partial charge >= 0.3 is 5.97 Å². The summed E-state index contributed by atoms with van der Waals surface area (Å²) in [6.07, 6.45) is 3.82. The fourth-order valence-electron chi connectivity index (χ4n) is 2.71. The van der Waals surface area contributed by atoms with Crippen molar-refractivity contribution in [1.29, 1.82) is 0 Å². The van der Waals surface area contributed by atoms with Crippen molar-refractivity contribution in [2.75, 3.05) is 6.54 Å². The van der Waals surface area contributed by atoms with Crippen molar-refractivity contribution in [3.05, 3.63) is 16.1 Å². The molecule has 1 amide bonds. The molecule has 6 heteroatoms. The third kappa shape index (κ3) is 3.79. The largest absolute Gasteiger partial charge is 0.481 e. The van der Waals surface area contributed by atoms with E-state index in [2.05, 4.69) is 10.3 Å². The van der Waals surface area contributed by atoms with Gasteiger partial charge in [-0.15, -0.1) is 11.3 Å². The minimum absolute atomic E-state index is 0.121. The third-order valence-electron chi connectivity index (χ3n) is 3.77. The highest BCUT2D eigenvalue weighted by molar-refractivity contribution is 7.09. The van der Waals surface area contributed by atoms with E-state index >= 15 is 0 Å². The number of hydrogen-bond acceptors (Lipinski definition) is 4. The number of aliphatic carboxylic acids is 1. The Balaban J connectivity index is 1.82. The van der Waals surface area contributed by atoms with Gasteiger partial charge in [-0.25, -0.2) is 4.98 Å². The highest BCUT2D eigenvalue weighted by atomic mass is 32.1. The van der Waals surface area contributed by atoms with E-state index in [0.717, 1.165) is 23.5 Å². The molecule has 0 aliphatic heterocycles. The Kier molecular flexibility index (Phi) is 5.11. The highest BCUT2D eigenvalue weighted by Crippen LogP contribution is 2.30. The van der Waals surface area contributed by atoms with Crippen molar-refractivity contribution in [2.24, 2.45) is 11.8 Å². The zero-order valence-electron chi connectivity index (χ0n) is 11.6. The number of nitrogens with one attached hydrogen (secondary N) is 1. The van der Waals surface area contributed by atoms with Gasteiger partial charge in [-0.2, -0.15) is 0 Å². The van der Waals surface area contributed by atoms with Crippen LogP contribution in [-0.4, -0.2) is 28.5 Å². The smallest absolute Gasteiger partial charge is 0.307 e. The van der Waals surface area contributed by atoms with Gasteiger partial charge in [0.25, 0.3) is 0 Å². The molecule has 0 aromatic carbocycles. The molecule has 1 aliphatic rings. The summed E-state index contributed by atoms with van der Waals surface area (Å²) in [6, 6.07) is 0. The van der Waals surface area contributed by atoms with Crippen molar-refractivity contribution in [2.45, 2.75) is 39.0 Å². The van der Waals surface area contributed by atoms with Crippen LogP contribution < -0.4 is 5.32 Å². The summed E-state index contributed by atoms with van der Waals surface area (Å²) in [5.74, 6) is -1.87. The number of aromatic nitrogens is 1. The van der Waals surface area contributed by atoms with Crippen LogP contribution in [0, 0.1) is 18.8 Å². The van der Waals surface area contributed by atoms with Crippen LogP contribution in [0.2, 0.25) is 0 Å². The third-order valence-corrected chi connectivity index (χ3v) is 4.59. The van der Waals surface area contributed by atoms with Crippen LogP contribution in [0.1, 0.15) is 36.4 Å². The number of carbonyl (C=O) groups excluding carboxylic acids is 1. The average molecular weight is 296 g/mol. The normalized spacial score (nSPS) is 22.4. The van der Waals surface area contributed by atoms with Crippen LogP contribution >= 0.6 is 11.3 Å². The summed E-state index contributed by atoms with van der Waals surface area (Å²) in [5, 5.41) is 15.0. The van der Waals surface area contributed by atoms with Gasteiger partial charge in [-0.05, 0) is 19.8 Å². The molecule has 0 bridgehead atoms. The first-order valence-corrected chi connectivity index (χ1v) is 7.87. The molecule has 110 valence electrons. The highest BCUT2D eigenvalue weighted by Gasteiger charge is 2.35. The van der Waals surface area contributed by atoms with E-state index in [-0.39, 0.29) is 11.8 Å². The molecule has 1 aliphatic carbocycles. The molecule has 20 heavy (non-hydrogen) atoms. The first-order valence-electron chi connectivity index (χ1n) is 6.99. The van der Waals surface area contributed by atoms with Crippen molar-refractivity contribution in [3.8, 4) is 0 Å². The number of carboxylic acid groups (broad SMARTS) is 1. The number of carboxylic acids is 1. The lowest BCUT2D eigenvalue weighted by molar-refractivity contribution is -0.148. The van der Waals surface area contributed by atoms with E-state index in [4.69, 9.17) is 0 Å². The SMILES string of the molecule is Cc1nc(CCNC(=O)[C@@H]2CCCC[C@@H]2C(=O)O)cs1. The molecule has 2 N–H and O–H groups in total. The molecule has 1 aromatic rings. The molecule has 0 radical (unpaired) electrons. The average Bonchev–Trinajstić information content (AvgIpc) is 2.84. The Hall–Kier alpha value is -1.43. The maximum absolute atomic E-state index is 12.1. The van der Waals surface area contributed by atoms with E-state index < -0.39 is 11.9 Å². The van der Waals surface area contributed by atoms with Crippen molar-refractivity contribution in [1.82, 2.24) is 10.3 Å². The van der Waals surface area contributed by atoms with Crippen LogP contribution in [-0.2, 0) is 16.0 Å². The number of nitrogens with zero attached hydrogens (tertiary/aromatic N) is 1. The van der Waals surface area contributed by atoms with Gasteiger partial charge in [0.1, 0.15) is 0 Å². The number of rotatable bonds is 5. The molecule has 5 nitrogen and oxygen atoms in total. The molecule has 1 fully saturated rings. The van der Waals surface area contributed by atoms with Gasteiger partial charge in [-0.3, -0.25) is 9.59 Å². The number of amides is 1. The lowest BCUT2D eigenvalue weighted by atomic mass is 9.78. The summed E-state index contributed by atoms with van der Waals surface area (Å²) in [7, 11) is 0. The predicted octanol–water partition coefficient (Wildman–Crippen LogP) is 2.00. The van der Waals surface area contributed by atoms with E-state index in [9.17, 15) is 14.7 Å². The van der Waals surface area contributed by atoms with Crippen LogP contribution in [0.4, 0.5) is 0 Å². The molecule has 2 atom stereocenters. The molecule has 0 spiro atoms. The first-order chi connectivity index (χ1) is 9.58. The maximum Gasteiger partial charge on any atom is 0.307 e. The minimum Gasteiger partial charge on any atom is -0.481 e. The van der Waals surface area contributed by atoms with E-state index in [0.29, 0.717) is 25.8 Å². The lowest BCUT2D eigenvalue weighted by Gasteiger charge is -2.27. The van der Waals surface area contributed by atoms with Gasteiger partial charge in [0, 0.05) is 18.3 Å². The number of aryl methyl sites for hydroxylation is 1. The molecular formula is C14H20N2O3S. The minimum atomic E-state index is -0.847. The summed E-state index contributed by atoms with van der Waals surface area (Å²) >= 11 is 1.59. The van der Waals surface area contributed by atoms with Crippen LogP contribution in [0.5, 0.6) is 0 Å². The zero-order chi connectivity index (χ0) is 14.5. The summed E-state index contributed by atoms with van der Waals surface area (Å²) in [5.41, 5.74) is 0.978. The molecule has 1 saturated carbocycles. The van der Waals surface area contributed by atoms with Crippen molar-refractivity contribution in [3.63, 3.8) is 0 Å². The van der Waals surface area contributed by atoms with E-state index in [1.165, 1.54) is 0 Å². The second-order valence-electron chi connectivity index (χ2n) is 5.23. The molecule has 1 heterocycles. The van der Waals surface area contributed by atoms with Crippen LogP contribution in [0.3, 0.4) is 0 Å². The topological polar surface area (TPSA) is 79.3 Å². The lowest BCUT2D eigenvalue weighted by Crippen LogP contribution is -2.40. The fraction of sp³-hybridized carbons (Fsp3) is 0.643. The van der Waals surface area contributed by atoms with Gasteiger partial charge in [0.05, 0.1) is 22.5 Å². The fourth-order valence-corrected chi connectivity index (χ4v) is 3.36. The van der Waals surface area contributed by atoms with Crippen LogP contribution in [0.25, 0.3) is 0 Å². The Labute approximate surface area is 122 Å².